The van der Waals surface area contributed by atoms with Gasteiger partial charge < -0.3 is 10.6 Å². The fourth-order valence-corrected chi connectivity index (χ4v) is 3.18. The zero-order chi connectivity index (χ0) is 15.5. The van der Waals surface area contributed by atoms with Gasteiger partial charge in [-0.3, -0.25) is 4.79 Å². The van der Waals surface area contributed by atoms with Crippen LogP contribution in [0.25, 0.3) is 0 Å². The first-order valence-corrected chi connectivity index (χ1v) is 8.00. The third-order valence-corrected chi connectivity index (χ3v) is 4.56. The highest BCUT2D eigenvalue weighted by Crippen LogP contribution is 2.34. The Labute approximate surface area is 128 Å². The summed E-state index contributed by atoms with van der Waals surface area (Å²) in [6.45, 7) is 9.54. The van der Waals surface area contributed by atoms with Gasteiger partial charge in [0.2, 0.25) is 5.91 Å². The van der Waals surface area contributed by atoms with Gasteiger partial charge in [0.15, 0.2) is 0 Å². The van der Waals surface area contributed by atoms with Crippen molar-refractivity contribution < 1.29 is 4.79 Å². The molecule has 1 aliphatic rings. The predicted molar refractivity (Wildman–Crippen MR) is 87.0 cm³/mol. The number of amides is 1. The van der Waals surface area contributed by atoms with Crippen molar-refractivity contribution in [3.63, 3.8) is 0 Å². The fraction of sp³-hybridized carbons (Fsp3) is 0.611. The summed E-state index contributed by atoms with van der Waals surface area (Å²) in [5, 5.41) is 6.72. The SMILES string of the molecule is CCC1(C(=O)NC(c2ccccc2)C(C)(C)C)CCCN1. The molecular weight excluding hydrogens is 260 g/mol. The molecule has 3 nitrogen and oxygen atoms in total. The van der Waals surface area contributed by atoms with Crippen LogP contribution in [0.2, 0.25) is 0 Å². The van der Waals surface area contributed by atoms with Crippen LogP contribution in [0.3, 0.4) is 0 Å². The molecule has 21 heavy (non-hydrogen) atoms. The lowest BCUT2D eigenvalue weighted by Crippen LogP contribution is -2.55. The molecule has 2 rings (SSSR count). The molecule has 1 aliphatic heterocycles. The van der Waals surface area contributed by atoms with Crippen LogP contribution < -0.4 is 10.6 Å². The van der Waals surface area contributed by atoms with E-state index in [-0.39, 0.29) is 22.9 Å². The number of rotatable bonds is 4. The van der Waals surface area contributed by atoms with Crippen molar-refractivity contribution in [2.45, 2.75) is 58.5 Å². The van der Waals surface area contributed by atoms with E-state index in [1.807, 2.05) is 18.2 Å². The zero-order valence-corrected chi connectivity index (χ0v) is 13.7. The summed E-state index contributed by atoms with van der Waals surface area (Å²) < 4.78 is 0. The quantitative estimate of drug-likeness (QED) is 0.891. The third kappa shape index (κ3) is 3.46. The standard InChI is InChI=1S/C18H28N2O/c1-5-18(12-9-13-19-18)16(21)20-15(17(2,3)4)14-10-7-6-8-11-14/h6-8,10-11,15,19H,5,9,12-13H2,1-4H3,(H,20,21). The van der Waals surface area contributed by atoms with Crippen LogP contribution in [0.4, 0.5) is 0 Å². The molecule has 1 saturated heterocycles. The molecule has 1 amide bonds. The van der Waals surface area contributed by atoms with Crippen molar-refractivity contribution in [1.82, 2.24) is 10.6 Å². The summed E-state index contributed by atoms with van der Waals surface area (Å²) in [5.41, 5.74) is 0.769. The van der Waals surface area contributed by atoms with Gasteiger partial charge in [-0.15, -0.1) is 0 Å². The molecule has 0 aromatic heterocycles. The average Bonchev–Trinajstić information content (AvgIpc) is 2.94. The maximum atomic E-state index is 12.9. The van der Waals surface area contributed by atoms with Gasteiger partial charge in [0.05, 0.1) is 11.6 Å². The minimum atomic E-state index is -0.377. The monoisotopic (exact) mass is 288 g/mol. The lowest BCUT2D eigenvalue weighted by atomic mass is 9.81. The Morgan fingerprint density at radius 2 is 2.00 bits per heavy atom. The second-order valence-corrected chi connectivity index (χ2v) is 7.15. The summed E-state index contributed by atoms with van der Waals surface area (Å²) in [7, 11) is 0. The maximum Gasteiger partial charge on any atom is 0.240 e. The Morgan fingerprint density at radius 1 is 1.33 bits per heavy atom. The Kier molecular flexibility index (Phi) is 4.72. The van der Waals surface area contributed by atoms with Gasteiger partial charge in [-0.25, -0.2) is 0 Å². The molecule has 0 saturated carbocycles. The normalized spacial score (nSPS) is 23.8. The van der Waals surface area contributed by atoms with Gasteiger partial charge in [-0.1, -0.05) is 58.0 Å². The molecule has 2 N–H and O–H groups in total. The molecule has 1 heterocycles. The van der Waals surface area contributed by atoms with E-state index in [1.165, 1.54) is 5.56 Å². The topological polar surface area (TPSA) is 41.1 Å². The summed E-state index contributed by atoms with van der Waals surface area (Å²) in [6, 6.07) is 10.3. The van der Waals surface area contributed by atoms with Crippen LogP contribution >= 0.6 is 0 Å². The van der Waals surface area contributed by atoms with Crippen LogP contribution in [-0.4, -0.2) is 18.0 Å². The first-order chi connectivity index (χ1) is 9.89. The van der Waals surface area contributed by atoms with E-state index in [9.17, 15) is 4.79 Å². The largest absolute Gasteiger partial charge is 0.347 e. The second kappa shape index (κ2) is 6.18. The summed E-state index contributed by atoms with van der Waals surface area (Å²) in [5.74, 6) is 0.145. The molecule has 116 valence electrons. The van der Waals surface area contributed by atoms with Crippen molar-refractivity contribution in [2.24, 2.45) is 5.41 Å². The van der Waals surface area contributed by atoms with Crippen molar-refractivity contribution >= 4 is 5.91 Å². The van der Waals surface area contributed by atoms with Gasteiger partial charge in [0, 0.05) is 0 Å². The highest BCUT2D eigenvalue weighted by Gasteiger charge is 2.41. The first-order valence-electron chi connectivity index (χ1n) is 8.00. The Balaban J connectivity index is 2.22. The molecule has 1 aromatic carbocycles. The summed E-state index contributed by atoms with van der Waals surface area (Å²) in [4.78, 5) is 12.9. The highest BCUT2D eigenvalue weighted by molar-refractivity contribution is 5.87. The van der Waals surface area contributed by atoms with E-state index < -0.39 is 0 Å². The van der Waals surface area contributed by atoms with E-state index in [2.05, 4.69) is 50.5 Å². The van der Waals surface area contributed by atoms with Crippen molar-refractivity contribution in [1.29, 1.82) is 0 Å². The number of benzene rings is 1. The van der Waals surface area contributed by atoms with Crippen LogP contribution in [0.5, 0.6) is 0 Å². The molecule has 1 aromatic rings. The van der Waals surface area contributed by atoms with E-state index in [1.54, 1.807) is 0 Å². The summed E-state index contributed by atoms with van der Waals surface area (Å²) in [6.07, 6.45) is 2.85. The molecule has 0 radical (unpaired) electrons. The van der Waals surface area contributed by atoms with Crippen molar-refractivity contribution in [3.05, 3.63) is 35.9 Å². The number of carbonyl (C=O) groups is 1. The van der Waals surface area contributed by atoms with Gasteiger partial charge in [-0.05, 0) is 36.8 Å². The molecule has 3 heteroatoms. The lowest BCUT2D eigenvalue weighted by Gasteiger charge is -2.36. The van der Waals surface area contributed by atoms with Gasteiger partial charge in [-0.2, -0.15) is 0 Å². The molecule has 0 spiro atoms. The minimum absolute atomic E-state index is 0.0233. The van der Waals surface area contributed by atoms with E-state index >= 15 is 0 Å². The molecular formula is C18H28N2O. The van der Waals surface area contributed by atoms with Crippen molar-refractivity contribution in [3.8, 4) is 0 Å². The van der Waals surface area contributed by atoms with Crippen molar-refractivity contribution in [2.75, 3.05) is 6.54 Å². The van der Waals surface area contributed by atoms with Crippen LogP contribution in [0.15, 0.2) is 30.3 Å². The minimum Gasteiger partial charge on any atom is -0.347 e. The maximum absolute atomic E-state index is 12.9. The van der Waals surface area contributed by atoms with E-state index in [0.29, 0.717) is 0 Å². The molecule has 0 aliphatic carbocycles. The number of hydrogen-bond acceptors (Lipinski definition) is 2. The van der Waals surface area contributed by atoms with E-state index in [0.717, 1.165) is 25.8 Å². The average molecular weight is 288 g/mol. The number of hydrogen-bond donors (Lipinski definition) is 2. The number of nitrogens with one attached hydrogen (secondary N) is 2. The highest BCUT2D eigenvalue weighted by atomic mass is 16.2. The molecule has 1 fully saturated rings. The second-order valence-electron chi connectivity index (χ2n) is 7.15. The summed E-state index contributed by atoms with van der Waals surface area (Å²) >= 11 is 0. The first kappa shape index (κ1) is 16.0. The Morgan fingerprint density at radius 3 is 2.48 bits per heavy atom. The van der Waals surface area contributed by atoms with Crippen LogP contribution in [-0.2, 0) is 4.79 Å². The van der Waals surface area contributed by atoms with Gasteiger partial charge in [0.1, 0.15) is 0 Å². The molecule has 2 unspecified atom stereocenters. The van der Waals surface area contributed by atoms with Crippen LogP contribution in [0.1, 0.15) is 58.6 Å². The Bertz CT molecular complexity index is 470. The van der Waals surface area contributed by atoms with Crippen LogP contribution in [0, 0.1) is 5.41 Å². The molecule has 0 bridgehead atoms. The smallest absolute Gasteiger partial charge is 0.240 e. The zero-order valence-electron chi connectivity index (χ0n) is 13.7. The lowest BCUT2D eigenvalue weighted by molar-refractivity contribution is -0.128. The number of carbonyl (C=O) groups excluding carboxylic acids is 1. The predicted octanol–water partition coefficient (Wildman–Crippen LogP) is 3.42. The van der Waals surface area contributed by atoms with Gasteiger partial charge in [0.25, 0.3) is 0 Å². The fourth-order valence-electron chi connectivity index (χ4n) is 3.18. The van der Waals surface area contributed by atoms with Gasteiger partial charge >= 0.3 is 0 Å². The molecule has 2 atom stereocenters. The Hall–Kier alpha value is -1.35. The third-order valence-electron chi connectivity index (χ3n) is 4.56. The van der Waals surface area contributed by atoms with E-state index in [4.69, 9.17) is 0 Å².